The molecule has 0 aliphatic heterocycles. The summed E-state index contributed by atoms with van der Waals surface area (Å²) in [6, 6.07) is 18.5. The number of rotatable bonds is 7. The molecule has 30 heavy (non-hydrogen) atoms. The molecule has 1 aromatic heterocycles. The molecule has 0 saturated heterocycles. The summed E-state index contributed by atoms with van der Waals surface area (Å²) in [6.45, 7) is 4.92. The highest BCUT2D eigenvalue weighted by Crippen LogP contribution is 2.30. The summed E-state index contributed by atoms with van der Waals surface area (Å²) in [6.07, 6.45) is 1.60. The second-order valence-electron chi connectivity index (χ2n) is 6.51. The summed E-state index contributed by atoms with van der Waals surface area (Å²) >= 11 is 0. The van der Waals surface area contributed by atoms with Crippen molar-refractivity contribution in [3.8, 4) is 28.7 Å². The Morgan fingerprint density at radius 3 is 2.57 bits per heavy atom. The van der Waals surface area contributed by atoms with Gasteiger partial charge in [0.15, 0.2) is 17.1 Å². The zero-order valence-corrected chi connectivity index (χ0v) is 16.8. The van der Waals surface area contributed by atoms with Crippen LogP contribution in [-0.4, -0.2) is 29.5 Å². The minimum absolute atomic E-state index is 0.0726. The summed E-state index contributed by atoms with van der Waals surface area (Å²) in [7, 11) is 0. The Bertz CT molecular complexity index is 1180. The molecule has 3 aromatic carbocycles. The monoisotopic (exact) mass is 402 g/mol. The van der Waals surface area contributed by atoms with Gasteiger partial charge in [-0.3, -0.25) is 4.99 Å². The molecule has 6 heteroatoms. The highest BCUT2D eigenvalue weighted by Gasteiger charge is 2.10. The Balaban J connectivity index is 1.58. The largest absolute Gasteiger partial charge is 0.504 e. The van der Waals surface area contributed by atoms with E-state index in [1.807, 2.05) is 62.4 Å². The maximum atomic E-state index is 10.3. The molecule has 1 heterocycles. The summed E-state index contributed by atoms with van der Waals surface area (Å²) in [5.74, 6) is 1.86. The number of fused-ring (bicyclic) bond motifs is 1. The molecule has 0 bridgehead atoms. The van der Waals surface area contributed by atoms with Crippen molar-refractivity contribution in [2.75, 3.05) is 13.2 Å². The van der Waals surface area contributed by atoms with Gasteiger partial charge in [0.1, 0.15) is 11.3 Å². The predicted molar refractivity (Wildman–Crippen MR) is 117 cm³/mol. The number of para-hydroxylation sites is 1. The lowest BCUT2D eigenvalue weighted by Gasteiger charge is -2.07. The second kappa shape index (κ2) is 8.69. The van der Waals surface area contributed by atoms with Crippen LogP contribution >= 0.6 is 0 Å². The average molecular weight is 402 g/mol. The number of phenolic OH excluding ortho intramolecular Hbond substituents is 1. The Hall–Kier alpha value is -3.80. The number of ether oxygens (including phenoxy) is 2. The molecule has 0 fully saturated rings. The van der Waals surface area contributed by atoms with Crippen molar-refractivity contribution in [3.63, 3.8) is 0 Å². The molecule has 0 spiro atoms. The minimum atomic E-state index is 0.0726. The normalized spacial score (nSPS) is 11.3. The maximum absolute atomic E-state index is 10.3. The second-order valence-corrected chi connectivity index (χ2v) is 6.51. The molecule has 0 aliphatic carbocycles. The van der Waals surface area contributed by atoms with Crippen molar-refractivity contribution in [2.24, 2.45) is 4.99 Å². The smallest absolute Gasteiger partial charge is 0.227 e. The molecule has 6 nitrogen and oxygen atoms in total. The highest BCUT2D eigenvalue weighted by atomic mass is 16.5. The number of hydrogen-bond acceptors (Lipinski definition) is 6. The molecule has 0 amide bonds. The van der Waals surface area contributed by atoms with Gasteiger partial charge in [-0.1, -0.05) is 6.07 Å². The molecule has 0 saturated carbocycles. The van der Waals surface area contributed by atoms with Crippen molar-refractivity contribution in [3.05, 3.63) is 66.2 Å². The van der Waals surface area contributed by atoms with Crippen LogP contribution in [0.25, 0.3) is 22.6 Å². The number of hydrogen-bond donors (Lipinski definition) is 1. The minimum Gasteiger partial charge on any atom is -0.504 e. The molecular formula is C24H22N2O4. The van der Waals surface area contributed by atoms with Crippen LogP contribution in [0.4, 0.5) is 5.69 Å². The number of aromatic hydroxyl groups is 1. The van der Waals surface area contributed by atoms with Crippen LogP contribution < -0.4 is 9.47 Å². The predicted octanol–water partition coefficient (Wildman–Crippen LogP) is 5.75. The van der Waals surface area contributed by atoms with E-state index in [-0.39, 0.29) is 5.75 Å². The summed E-state index contributed by atoms with van der Waals surface area (Å²) in [5.41, 5.74) is 3.55. The van der Waals surface area contributed by atoms with Gasteiger partial charge in [-0.15, -0.1) is 0 Å². The van der Waals surface area contributed by atoms with Crippen LogP contribution in [-0.2, 0) is 0 Å². The van der Waals surface area contributed by atoms with Crippen LogP contribution in [0.5, 0.6) is 17.2 Å². The third kappa shape index (κ3) is 4.12. The molecule has 0 unspecified atom stereocenters. The highest BCUT2D eigenvalue weighted by molar-refractivity contribution is 5.88. The first-order valence-corrected chi connectivity index (χ1v) is 9.80. The SMILES string of the molecule is CCOc1ccc(-c2nc3cc(N=Cc4cccc(OCC)c4O)ccc3o2)cc1. The number of benzene rings is 3. The van der Waals surface area contributed by atoms with Crippen LogP contribution in [0, 0.1) is 0 Å². The number of aliphatic imine (C=N–C) groups is 1. The Kier molecular flexibility index (Phi) is 5.66. The first-order chi connectivity index (χ1) is 14.7. The first-order valence-electron chi connectivity index (χ1n) is 9.80. The topological polar surface area (TPSA) is 77.1 Å². The Morgan fingerprint density at radius 1 is 1.00 bits per heavy atom. The lowest BCUT2D eigenvalue weighted by Crippen LogP contribution is -1.93. The van der Waals surface area contributed by atoms with E-state index in [0.717, 1.165) is 11.3 Å². The van der Waals surface area contributed by atoms with Gasteiger partial charge < -0.3 is 19.0 Å². The molecule has 4 rings (SSSR count). The summed E-state index contributed by atoms with van der Waals surface area (Å²) in [4.78, 5) is 9.04. The lowest BCUT2D eigenvalue weighted by molar-refractivity contribution is 0.318. The molecule has 4 aromatic rings. The molecule has 1 N–H and O–H groups in total. The van der Waals surface area contributed by atoms with Gasteiger partial charge in [-0.2, -0.15) is 0 Å². The van der Waals surface area contributed by atoms with Gasteiger partial charge in [-0.05, 0) is 68.4 Å². The fourth-order valence-electron chi connectivity index (χ4n) is 3.04. The van der Waals surface area contributed by atoms with E-state index < -0.39 is 0 Å². The zero-order valence-electron chi connectivity index (χ0n) is 16.8. The number of aromatic nitrogens is 1. The summed E-state index contributed by atoms with van der Waals surface area (Å²) in [5, 5.41) is 10.3. The van der Waals surface area contributed by atoms with Crippen LogP contribution in [0.2, 0.25) is 0 Å². The van der Waals surface area contributed by atoms with Crippen molar-refractivity contribution in [2.45, 2.75) is 13.8 Å². The zero-order chi connectivity index (χ0) is 20.9. The van der Waals surface area contributed by atoms with Crippen LogP contribution in [0.1, 0.15) is 19.4 Å². The van der Waals surface area contributed by atoms with Gasteiger partial charge in [0.25, 0.3) is 0 Å². The fraction of sp³-hybridized carbons (Fsp3) is 0.167. The molecular weight excluding hydrogens is 380 g/mol. The van der Waals surface area contributed by atoms with E-state index in [1.54, 1.807) is 18.3 Å². The van der Waals surface area contributed by atoms with Gasteiger partial charge in [0.05, 0.1) is 18.9 Å². The molecule has 0 aliphatic rings. The van der Waals surface area contributed by atoms with E-state index >= 15 is 0 Å². The third-order valence-electron chi connectivity index (χ3n) is 4.47. The molecule has 0 radical (unpaired) electrons. The van der Waals surface area contributed by atoms with Crippen molar-refractivity contribution < 1.29 is 19.0 Å². The lowest BCUT2D eigenvalue weighted by atomic mass is 10.2. The van der Waals surface area contributed by atoms with Gasteiger partial charge in [0.2, 0.25) is 5.89 Å². The molecule has 152 valence electrons. The van der Waals surface area contributed by atoms with E-state index in [4.69, 9.17) is 13.9 Å². The maximum Gasteiger partial charge on any atom is 0.227 e. The van der Waals surface area contributed by atoms with Gasteiger partial charge in [-0.25, -0.2) is 4.98 Å². The quantitative estimate of drug-likeness (QED) is 0.398. The van der Waals surface area contributed by atoms with Crippen LogP contribution in [0.3, 0.4) is 0 Å². The Morgan fingerprint density at radius 2 is 1.80 bits per heavy atom. The van der Waals surface area contributed by atoms with Crippen molar-refractivity contribution >= 4 is 23.0 Å². The third-order valence-corrected chi connectivity index (χ3v) is 4.47. The van der Waals surface area contributed by atoms with E-state index in [1.165, 1.54) is 0 Å². The van der Waals surface area contributed by atoms with Gasteiger partial charge >= 0.3 is 0 Å². The van der Waals surface area contributed by atoms with E-state index in [2.05, 4.69) is 9.98 Å². The van der Waals surface area contributed by atoms with Gasteiger partial charge in [0, 0.05) is 17.3 Å². The number of phenols is 1. The number of oxazole rings is 1. The fourth-order valence-corrected chi connectivity index (χ4v) is 3.04. The summed E-state index contributed by atoms with van der Waals surface area (Å²) < 4.78 is 16.8. The van der Waals surface area contributed by atoms with Crippen molar-refractivity contribution in [1.29, 1.82) is 0 Å². The molecule has 0 atom stereocenters. The van der Waals surface area contributed by atoms with Crippen molar-refractivity contribution in [1.82, 2.24) is 4.98 Å². The average Bonchev–Trinajstić information content (AvgIpc) is 3.19. The first kappa shape index (κ1) is 19.5. The number of nitrogens with zero attached hydrogens (tertiary/aromatic N) is 2. The van der Waals surface area contributed by atoms with Crippen LogP contribution in [0.15, 0.2) is 70.1 Å². The van der Waals surface area contributed by atoms with E-state index in [9.17, 15) is 5.11 Å². The van der Waals surface area contributed by atoms with E-state index in [0.29, 0.717) is 47.2 Å². The standard InChI is InChI=1S/C24H22N2O4/c1-3-28-19-11-8-16(9-12-19)24-26-20-14-18(10-13-21(20)30-24)25-15-17-6-5-7-22(23(17)27)29-4-2/h5-15,27H,3-4H2,1-2H3. The Labute approximate surface area is 174 Å².